The zero-order chi connectivity index (χ0) is 23.7. The molecule has 31 heavy (non-hydrogen) atoms. The maximum Gasteiger partial charge on any atom is 0.407 e. The third kappa shape index (κ3) is 10.8. The van der Waals surface area contributed by atoms with E-state index in [0.717, 1.165) is 19.3 Å². The number of primary amides is 1. The van der Waals surface area contributed by atoms with Gasteiger partial charge in [0.15, 0.2) is 0 Å². The number of hydrogen-bond acceptors (Lipinski definition) is 5. The minimum atomic E-state index is -2.19. The minimum absolute atomic E-state index is 0.0802. The van der Waals surface area contributed by atoms with Gasteiger partial charge in [0.2, 0.25) is 11.4 Å². The van der Waals surface area contributed by atoms with E-state index in [1.807, 2.05) is 0 Å². The highest BCUT2D eigenvalue weighted by atomic mass is 16.5. The number of amides is 3. The highest BCUT2D eigenvalue weighted by Crippen LogP contribution is 2.23. The van der Waals surface area contributed by atoms with Crippen molar-refractivity contribution in [2.24, 2.45) is 11.7 Å². The van der Waals surface area contributed by atoms with Gasteiger partial charge in [-0.3, -0.25) is 9.59 Å². The van der Waals surface area contributed by atoms with Gasteiger partial charge in [-0.15, -0.1) is 0 Å². The van der Waals surface area contributed by atoms with Gasteiger partial charge >= 0.3 is 12.1 Å². The third-order valence-electron chi connectivity index (χ3n) is 5.22. The number of ether oxygens (including phenoxy) is 1. The second-order valence-corrected chi connectivity index (χ2v) is 7.75. The van der Waals surface area contributed by atoms with Crippen molar-refractivity contribution in [1.29, 1.82) is 0 Å². The first-order valence-electron chi connectivity index (χ1n) is 11.1. The number of carbonyl (C=O) groups excluding carboxylic acids is 3. The van der Waals surface area contributed by atoms with E-state index in [2.05, 4.69) is 24.1 Å². The van der Waals surface area contributed by atoms with E-state index in [4.69, 9.17) is 10.5 Å². The summed E-state index contributed by atoms with van der Waals surface area (Å²) in [5.74, 6) is -3.88. The summed E-state index contributed by atoms with van der Waals surface area (Å²) in [7, 11) is 0. The van der Waals surface area contributed by atoms with Crippen LogP contribution in [-0.2, 0) is 19.1 Å². The molecule has 0 saturated carbocycles. The quantitative estimate of drug-likeness (QED) is 0.146. The molecule has 0 bridgehead atoms. The highest BCUT2D eigenvalue weighted by Gasteiger charge is 2.50. The number of rotatable bonds is 18. The maximum absolute atomic E-state index is 12.4. The second kappa shape index (κ2) is 16.2. The molecule has 0 aromatic heterocycles. The lowest BCUT2D eigenvalue weighted by molar-refractivity contribution is -0.155. The molecule has 0 heterocycles. The van der Waals surface area contributed by atoms with Crippen LogP contribution in [0.5, 0.6) is 0 Å². The average Bonchev–Trinajstić information content (AvgIpc) is 2.72. The number of carboxylic acids is 1. The number of alkyl carbamates (subject to hydrolysis) is 1. The molecule has 3 amide bonds. The summed E-state index contributed by atoms with van der Waals surface area (Å²) in [6.07, 6.45) is 8.74. The number of aliphatic carboxylic acids is 1. The van der Waals surface area contributed by atoms with Crippen LogP contribution in [0.15, 0.2) is 12.7 Å². The summed E-state index contributed by atoms with van der Waals surface area (Å²) in [4.78, 5) is 47.8. The Labute approximate surface area is 185 Å². The van der Waals surface area contributed by atoms with Gasteiger partial charge in [-0.2, -0.15) is 0 Å². The van der Waals surface area contributed by atoms with Crippen LogP contribution in [0.2, 0.25) is 0 Å². The lowest BCUT2D eigenvalue weighted by Gasteiger charge is -2.33. The first-order chi connectivity index (χ1) is 14.7. The average molecular weight is 442 g/mol. The van der Waals surface area contributed by atoms with E-state index in [9.17, 15) is 24.3 Å². The van der Waals surface area contributed by atoms with Crippen molar-refractivity contribution in [3.8, 4) is 0 Å². The summed E-state index contributed by atoms with van der Waals surface area (Å²) in [6, 6.07) is 0. The molecule has 0 aliphatic rings. The fourth-order valence-corrected chi connectivity index (χ4v) is 3.32. The normalized spacial score (nSPS) is 13.5. The topological polar surface area (TPSA) is 148 Å². The molecule has 0 saturated heterocycles. The Morgan fingerprint density at radius 3 is 2.26 bits per heavy atom. The fraction of sp³-hybridized carbons (Fsp3) is 0.727. The van der Waals surface area contributed by atoms with E-state index >= 15 is 0 Å². The van der Waals surface area contributed by atoms with Crippen LogP contribution in [0.3, 0.4) is 0 Å². The summed E-state index contributed by atoms with van der Waals surface area (Å²) < 4.78 is 4.78. The molecular formula is C22H39N3O6. The minimum Gasteiger partial charge on any atom is -0.479 e. The van der Waals surface area contributed by atoms with Crippen molar-refractivity contribution in [1.82, 2.24) is 10.6 Å². The first-order valence-corrected chi connectivity index (χ1v) is 11.1. The molecule has 2 unspecified atom stereocenters. The van der Waals surface area contributed by atoms with Crippen LogP contribution in [0.25, 0.3) is 0 Å². The first kappa shape index (κ1) is 28.4. The second-order valence-electron chi connectivity index (χ2n) is 7.75. The van der Waals surface area contributed by atoms with Crippen LogP contribution in [-0.4, -0.2) is 47.7 Å². The van der Waals surface area contributed by atoms with Gasteiger partial charge in [-0.1, -0.05) is 65.0 Å². The Hall–Kier alpha value is -2.58. The lowest BCUT2D eigenvalue weighted by atomic mass is 9.81. The number of hydrogen-bond donors (Lipinski definition) is 4. The summed E-state index contributed by atoms with van der Waals surface area (Å²) in [5, 5.41) is 14.6. The smallest absolute Gasteiger partial charge is 0.407 e. The van der Waals surface area contributed by atoms with Crippen molar-refractivity contribution in [3.05, 3.63) is 12.7 Å². The predicted molar refractivity (Wildman–Crippen MR) is 118 cm³/mol. The number of nitrogens with one attached hydrogen (secondary N) is 2. The molecule has 0 aromatic carbocycles. The number of carbonyl (C=O) groups is 4. The zero-order valence-electron chi connectivity index (χ0n) is 18.9. The lowest BCUT2D eigenvalue weighted by Crippen LogP contribution is -2.66. The van der Waals surface area contributed by atoms with Crippen LogP contribution >= 0.6 is 0 Å². The van der Waals surface area contributed by atoms with Crippen LogP contribution in [0.1, 0.15) is 78.1 Å². The maximum atomic E-state index is 12.4. The van der Waals surface area contributed by atoms with Gasteiger partial charge in [0.25, 0.3) is 5.91 Å². The molecule has 0 rings (SSSR count). The van der Waals surface area contributed by atoms with Gasteiger partial charge in [0.1, 0.15) is 6.61 Å². The Kier molecular flexibility index (Phi) is 14.8. The Bertz CT molecular complexity index is 580. The highest BCUT2D eigenvalue weighted by molar-refractivity contribution is 6.09. The Balaban J connectivity index is 4.68. The fourth-order valence-electron chi connectivity index (χ4n) is 3.32. The standard InChI is InChI=1S/C22H39N3O6/c1-4-6-7-8-9-10-11-14-18(26)25-22(19(23)27,20(28)29)17(3)13-12-15-24-21(30)31-16-5-2/h5,17H,2,4,6-16H2,1,3H3,(H2,23,27)(H,24,30)(H,25,26)(H,28,29). The van der Waals surface area contributed by atoms with Crippen molar-refractivity contribution in [2.45, 2.75) is 83.6 Å². The number of nitrogens with two attached hydrogens (primary N) is 1. The number of carboxylic acid groups (broad SMARTS) is 1. The molecule has 0 aliphatic heterocycles. The molecule has 0 spiro atoms. The SMILES string of the molecule is C=CCOC(=O)NCCCC(C)C(NC(=O)CCCCCCCCC)(C(N)=O)C(=O)O. The largest absolute Gasteiger partial charge is 0.479 e. The number of unbranched alkanes of at least 4 members (excludes halogenated alkanes) is 6. The van der Waals surface area contributed by atoms with Crippen molar-refractivity contribution in [3.63, 3.8) is 0 Å². The van der Waals surface area contributed by atoms with Gasteiger partial charge < -0.3 is 26.2 Å². The monoisotopic (exact) mass is 441 g/mol. The Morgan fingerprint density at radius 1 is 1.10 bits per heavy atom. The van der Waals surface area contributed by atoms with Gasteiger partial charge in [-0.05, 0) is 25.2 Å². The van der Waals surface area contributed by atoms with Crippen molar-refractivity contribution < 1.29 is 29.0 Å². The Morgan fingerprint density at radius 2 is 1.71 bits per heavy atom. The molecule has 0 aromatic rings. The molecule has 0 aliphatic carbocycles. The molecular weight excluding hydrogens is 402 g/mol. The molecule has 178 valence electrons. The molecule has 2 atom stereocenters. The van der Waals surface area contributed by atoms with Crippen molar-refractivity contribution >= 4 is 23.9 Å². The third-order valence-corrected chi connectivity index (χ3v) is 5.22. The van der Waals surface area contributed by atoms with Crippen LogP contribution in [0.4, 0.5) is 4.79 Å². The van der Waals surface area contributed by atoms with E-state index in [1.165, 1.54) is 25.3 Å². The molecule has 0 fully saturated rings. The van der Waals surface area contributed by atoms with E-state index in [1.54, 1.807) is 6.92 Å². The van der Waals surface area contributed by atoms with E-state index in [0.29, 0.717) is 12.8 Å². The zero-order valence-corrected chi connectivity index (χ0v) is 18.9. The predicted octanol–water partition coefficient (Wildman–Crippen LogP) is 2.88. The summed E-state index contributed by atoms with van der Waals surface area (Å²) in [6.45, 7) is 7.43. The van der Waals surface area contributed by atoms with Crippen LogP contribution in [0, 0.1) is 5.92 Å². The van der Waals surface area contributed by atoms with Gasteiger partial charge in [-0.25, -0.2) is 9.59 Å². The van der Waals surface area contributed by atoms with Crippen molar-refractivity contribution in [2.75, 3.05) is 13.2 Å². The van der Waals surface area contributed by atoms with Gasteiger partial charge in [0.05, 0.1) is 0 Å². The van der Waals surface area contributed by atoms with Gasteiger partial charge in [0, 0.05) is 13.0 Å². The summed E-state index contributed by atoms with van der Waals surface area (Å²) in [5.41, 5.74) is 3.23. The molecule has 0 radical (unpaired) electrons. The van der Waals surface area contributed by atoms with E-state index < -0.39 is 35.3 Å². The van der Waals surface area contributed by atoms with E-state index in [-0.39, 0.29) is 26.0 Å². The molecule has 5 N–H and O–H groups in total. The molecule has 9 nitrogen and oxygen atoms in total. The molecule has 9 heteroatoms. The summed E-state index contributed by atoms with van der Waals surface area (Å²) >= 11 is 0. The van der Waals surface area contributed by atoms with Crippen LogP contribution < -0.4 is 16.4 Å².